The number of amides is 2. The van der Waals surface area contributed by atoms with Crippen LogP contribution in [0.15, 0.2) is 21.4 Å². The first-order valence-electron chi connectivity index (χ1n) is 5.62. The lowest BCUT2D eigenvalue weighted by molar-refractivity contribution is -0.156. The van der Waals surface area contributed by atoms with Gasteiger partial charge >= 0.3 is 5.97 Å². The maximum Gasteiger partial charge on any atom is 0.354 e. The highest BCUT2D eigenvalue weighted by molar-refractivity contribution is 8.24. The number of hydrogen-bond acceptors (Lipinski definition) is 6. The van der Waals surface area contributed by atoms with Crippen molar-refractivity contribution in [1.29, 1.82) is 0 Å². The van der Waals surface area contributed by atoms with Gasteiger partial charge < -0.3 is 15.9 Å². The number of nitrogens with zero attached hydrogens (tertiary/aromatic N) is 1. The van der Waals surface area contributed by atoms with Crippen molar-refractivity contribution in [2.24, 2.45) is 11.7 Å². The topological polar surface area (TPSA) is 121 Å². The number of carbonyl (C=O) groups excluding carboxylic acids is 2. The van der Waals surface area contributed by atoms with Crippen LogP contribution in [0.25, 0.3) is 0 Å². The van der Waals surface area contributed by atoms with E-state index >= 15 is 0 Å². The van der Waals surface area contributed by atoms with Crippen LogP contribution in [0.3, 0.4) is 0 Å². The zero-order chi connectivity index (χ0) is 15.0. The summed E-state index contributed by atoms with van der Waals surface area (Å²) in [4.78, 5) is 34.9. The molecule has 0 unspecified atom stereocenters. The van der Waals surface area contributed by atoms with Crippen molar-refractivity contribution in [2.45, 2.75) is 18.4 Å². The van der Waals surface area contributed by atoms with E-state index in [1.54, 1.807) is 0 Å². The summed E-state index contributed by atoms with van der Waals surface area (Å²) in [6.45, 7) is 1.50. The van der Waals surface area contributed by atoms with Gasteiger partial charge in [-0.2, -0.15) is 0 Å². The zero-order valence-corrected chi connectivity index (χ0v) is 12.0. The van der Waals surface area contributed by atoms with Gasteiger partial charge in [-0.15, -0.1) is 0 Å². The molecule has 2 amide bonds. The highest BCUT2D eigenvalue weighted by atomic mass is 32.2. The fraction of sp³-hybridized carbons (Fsp3) is 0.364. The minimum Gasteiger partial charge on any atom is -0.477 e. The van der Waals surface area contributed by atoms with E-state index in [0.29, 0.717) is 4.24 Å². The maximum absolute atomic E-state index is 11.9. The molecule has 0 aromatic carbocycles. The molecule has 0 aliphatic carbocycles. The molecule has 0 saturated carbocycles. The number of fused-ring (bicyclic) bond motifs is 1. The Morgan fingerprint density at radius 2 is 2.20 bits per heavy atom. The van der Waals surface area contributed by atoms with Crippen molar-refractivity contribution in [3.8, 4) is 0 Å². The Balaban J connectivity index is 2.21. The fourth-order valence-electron chi connectivity index (χ4n) is 2.00. The van der Waals surface area contributed by atoms with Gasteiger partial charge in [-0.25, -0.2) is 4.79 Å². The van der Waals surface area contributed by atoms with Crippen LogP contribution in [0.4, 0.5) is 0 Å². The number of nitrogens with two attached hydrogens (primary N) is 1. The van der Waals surface area contributed by atoms with Gasteiger partial charge in [0.1, 0.15) is 5.37 Å². The number of primary amides is 1. The normalized spacial score (nSPS) is 26.7. The summed E-state index contributed by atoms with van der Waals surface area (Å²) in [5, 5.41) is 19.7. The first kappa shape index (κ1) is 14.9. The van der Waals surface area contributed by atoms with E-state index in [0.717, 1.165) is 17.8 Å². The summed E-state index contributed by atoms with van der Waals surface area (Å²) in [5.41, 5.74) is 4.84. The van der Waals surface area contributed by atoms with Gasteiger partial charge in [-0.05, 0) is 12.3 Å². The molecule has 9 heteroatoms. The van der Waals surface area contributed by atoms with Gasteiger partial charge in [0.2, 0.25) is 11.8 Å². The second-order valence-electron chi connectivity index (χ2n) is 4.25. The molecule has 2 rings (SSSR count). The first-order chi connectivity index (χ1) is 9.34. The minimum atomic E-state index is -1.22. The molecule has 0 aromatic heterocycles. The van der Waals surface area contributed by atoms with Gasteiger partial charge in [-0.3, -0.25) is 14.5 Å². The monoisotopic (exact) mass is 316 g/mol. The van der Waals surface area contributed by atoms with Crippen molar-refractivity contribution < 1.29 is 24.6 Å². The van der Waals surface area contributed by atoms with Crippen LogP contribution in [0.2, 0.25) is 0 Å². The Morgan fingerprint density at radius 3 is 2.70 bits per heavy atom. The van der Waals surface area contributed by atoms with Crippen LogP contribution in [0.1, 0.15) is 6.92 Å². The second kappa shape index (κ2) is 5.51. The van der Waals surface area contributed by atoms with Gasteiger partial charge in [0, 0.05) is 6.08 Å². The summed E-state index contributed by atoms with van der Waals surface area (Å²) < 4.78 is 0.400. The first-order valence-corrected chi connectivity index (χ1v) is 7.38. The SMILES string of the molecule is C[C@@H](O)[C@H]1C(=O)N2C(C(=O)O)=C(SC=CC(N)=O)S[C@H]12. The standard InChI is InChI=1S/C11H12N2O5S2/c1-4(14)6-8(16)13-7(10(17)18)11(20-9(6)13)19-3-2-5(12)15/h2-4,6,9,14H,1H3,(H2,12,15)(H,17,18)/t4-,6+,9-/m1/s1. The largest absolute Gasteiger partial charge is 0.477 e. The summed E-state index contributed by atoms with van der Waals surface area (Å²) in [6.07, 6.45) is 0.276. The zero-order valence-electron chi connectivity index (χ0n) is 10.3. The predicted molar refractivity (Wildman–Crippen MR) is 74.0 cm³/mol. The van der Waals surface area contributed by atoms with E-state index < -0.39 is 35.2 Å². The third-order valence-electron chi connectivity index (χ3n) is 2.88. The third-order valence-corrected chi connectivity index (χ3v) is 5.29. The Hall–Kier alpha value is -1.45. The number of β-lactam (4-membered cyclic amide) rings is 1. The molecule has 1 fully saturated rings. The molecule has 1 saturated heterocycles. The van der Waals surface area contributed by atoms with Crippen molar-refractivity contribution >= 4 is 41.3 Å². The average molecular weight is 316 g/mol. The molecule has 20 heavy (non-hydrogen) atoms. The van der Waals surface area contributed by atoms with E-state index in [2.05, 4.69) is 0 Å². The average Bonchev–Trinajstić information content (AvgIpc) is 2.63. The third kappa shape index (κ3) is 2.43. The van der Waals surface area contributed by atoms with E-state index in [-0.39, 0.29) is 5.70 Å². The lowest BCUT2D eigenvalue weighted by atomic mass is 9.92. The van der Waals surface area contributed by atoms with E-state index in [1.807, 2.05) is 0 Å². The lowest BCUT2D eigenvalue weighted by Gasteiger charge is -2.43. The number of carboxylic acids is 1. The minimum absolute atomic E-state index is 0.110. The van der Waals surface area contributed by atoms with E-state index in [9.17, 15) is 24.6 Å². The molecule has 2 heterocycles. The molecular weight excluding hydrogens is 304 g/mol. The van der Waals surface area contributed by atoms with Crippen LogP contribution in [-0.4, -0.2) is 44.4 Å². The van der Waals surface area contributed by atoms with Crippen LogP contribution >= 0.6 is 23.5 Å². The second-order valence-corrected chi connectivity index (χ2v) is 6.55. The highest BCUT2D eigenvalue weighted by Crippen LogP contribution is 2.53. The van der Waals surface area contributed by atoms with Crippen molar-refractivity contribution in [3.63, 3.8) is 0 Å². The van der Waals surface area contributed by atoms with Crippen molar-refractivity contribution in [1.82, 2.24) is 4.90 Å². The molecule has 0 radical (unpaired) electrons. The highest BCUT2D eigenvalue weighted by Gasteiger charge is 2.57. The number of thioether (sulfide) groups is 2. The predicted octanol–water partition coefficient (Wildman–Crippen LogP) is -0.116. The molecular formula is C11H12N2O5S2. The van der Waals surface area contributed by atoms with Crippen LogP contribution in [0.5, 0.6) is 0 Å². The summed E-state index contributed by atoms with van der Waals surface area (Å²) in [5.74, 6) is -2.86. The molecule has 0 spiro atoms. The number of aliphatic hydroxyl groups excluding tert-OH is 1. The smallest absolute Gasteiger partial charge is 0.354 e. The molecule has 3 atom stereocenters. The van der Waals surface area contributed by atoms with E-state index in [1.165, 1.54) is 29.0 Å². The molecule has 2 aliphatic rings. The van der Waals surface area contributed by atoms with Gasteiger partial charge in [0.05, 0.1) is 16.3 Å². The number of carboxylic acid groups (broad SMARTS) is 1. The number of rotatable bonds is 5. The molecule has 0 aromatic rings. The Morgan fingerprint density at radius 1 is 1.55 bits per heavy atom. The lowest BCUT2D eigenvalue weighted by Crippen LogP contribution is -2.60. The Kier molecular flexibility index (Phi) is 4.11. The summed E-state index contributed by atoms with van der Waals surface area (Å²) in [7, 11) is 0. The number of hydrogen-bond donors (Lipinski definition) is 3. The molecule has 2 aliphatic heterocycles. The van der Waals surface area contributed by atoms with Crippen LogP contribution in [-0.2, 0) is 14.4 Å². The molecule has 0 bridgehead atoms. The quantitative estimate of drug-likeness (QED) is 0.478. The van der Waals surface area contributed by atoms with Gasteiger partial charge in [0.15, 0.2) is 5.70 Å². The summed E-state index contributed by atoms with van der Waals surface area (Å²) in [6, 6.07) is 0. The van der Waals surface area contributed by atoms with Gasteiger partial charge in [0.25, 0.3) is 0 Å². The molecule has 108 valence electrons. The van der Waals surface area contributed by atoms with Crippen LogP contribution in [0, 0.1) is 5.92 Å². The number of aliphatic hydroxyl groups is 1. The Bertz CT molecular complexity index is 543. The number of carbonyl (C=O) groups is 3. The fourth-order valence-corrected chi connectivity index (χ4v) is 4.62. The summed E-state index contributed by atoms with van der Waals surface area (Å²) >= 11 is 2.21. The van der Waals surface area contributed by atoms with Gasteiger partial charge in [-0.1, -0.05) is 23.5 Å². The molecule has 7 nitrogen and oxygen atoms in total. The van der Waals surface area contributed by atoms with Crippen LogP contribution < -0.4 is 5.73 Å². The maximum atomic E-state index is 11.9. The Labute approximate surface area is 122 Å². The van der Waals surface area contributed by atoms with Crippen molar-refractivity contribution in [2.75, 3.05) is 0 Å². The van der Waals surface area contributed by atoms with Crippen molar-refractivity contribution in [3.05, 3.63) is 21.4 Å². The molecule has 4 N–H and O–H groups in total. The number of aliphatic carboxylic acids is 1. The van der Waals surface area contributed by atoms with E-state index in [4.69, 9.17) is 5.73 Å².